The van der Waals surface area contributed by atoms with Crippen LogP contribution in [0.25, 0.3) is 33.1 Å². The van der Waals surface area contributed by atoms with E-state index in [1.54, 1.807) is 0 Å². The van der Waals surface area contributed by atoms with E-state index in [9.17, 15) is 0 Å². The molecule has 0 spiro atoms. The van der Waals surface area contributed by atoms with Crippen LogP contribution in [0.3, 0.4) is 0 Å². The van der Waals surface area contributed by atoms with Crippen molar-refractivity contribution in [3.05, 3.63) is 71.4 Å². The third-order valence-corrected chi connectivity index (χ3v) is 5.55. The van der Waals surface area contributed by atoms with Gasteiger partial charge in [0.2, 0.25) is 0 Å². The molecule has 0 unspecified atom stereocenters. The maximum absolute atomic E-state index is 5.21. The molecule has 2 heteroatoms. The van der Waals surface area contributed by atoms with E-state index in [1.807, 2.05) is 12.3 Å². The molecule has 0 N–H and O–H groups in total. The average molecular weight is 383 g/mol. The van der Waals surface area contributed by atoms with Crippen LogP contribution in [0, 0.1) is 6.92 Å². The maximum atomic E-state index is 5.21. The van der Waals surface area contributed by atoms with Crippen molar-refractivity contribution in [1.82, 2.24) is 9.97 Å². The molecule has 0 fully saturated rings. The molecular weight excluding hydrogens is 352 g/mol. The maximum Gasteiger partial charge on any atom is 0.0747 e. The lowest BCUT2D eigenvalue weighted by atomic mass is 9.80. The molecule has 0 atom stereocenters. The first-order valence-corrected chi connectivity index (χ1v) is 10.4. The lowest BCUT2D eigenvalue weighted by molar-refractivity contribution is 0.593. The van der Waals surface area contributed by atoms with Gasteiger partial charge in [-0.25, -0.2) is 4.98 Å². The van der Waals surface area contributed by atoms with Gasteiger partial charge in [0.15, 0.2) is 0 Å². The Hall–Kier alpha value is -2.74. The molecule has 29 heavy (non-hydrogen) atoms. The van der Waals surface area contributed by atoms with Gasteiger partial charge < -0.3 is 0 Å². The van der Waals surface area contributed by atoms with Crippen molar-refractivity contribution < 1.29 is 0 Å². The van der Waals surface area contributed by atoms with Crippen LogP contribution >= 0.6 is 0 Å². The Bertz CT molecular complexity index is 1220. The number of rotatable bonds is 1. The second kappa shape index (κ2) is 6.66. The molecule has 0 saturated carbocycles. The summed E-state index contributed by atoms with van der Waals surface area (Å²) in [6, 6.07) is 17.4. The van der Waals surface area contributed by atoms with E-state index < -0.39 is 0 Å². The van der Waals surface area contributed by atoms with Gasteiger partial charge in [0, 0.05) is 22.5 Å². The highest BCUT2D eigenvalue weighted by atomic mass is 14.7. The van der Waals surface area contributed by atoms with Gasteiger partial charge in [-0.3, -0.25) is 4.98 Å². The Morgan fingerprint density at radius 2 is 1.45 bits per heavy atom. The third-order valence-electron chi connectivity index (χ3n) is 5.55. The topological polar surface area (TPSA) is 25.8 Å². The molecule has 0 aliphatic heterocycles. The molecule has 4 rings (SSSR count). The predicted molar refractivity (Wildman–Crippen MR) is 125 cm³/mol. The summed E-state index contributed by atoms with van der Waals surface area (Å²) in [7, 11) is 0. The second-order valence-electron chi connectivity index (χ2n) is 10.1. The van der Waals surface area contributed by atoms with Crippen molar-refractivity contribution in [2.75, 3.05) is 0 Å². The van der Waals surface area contributed by atoms with Gasteiger partial charge in [-0.05, 0) is 47.1 Å². The number of hydrogen-bond donors (Lipinski definition) is 0. The van der Waals surface area contributed by atoms with Crippen molar-refractivity contribution in [2.24, 2.45) is 0 Å². The number of aromatic nitrogens is 2. The van der Waals surface area contributed by atoms with Gasteiger partial charge >= 0.3 is 0 Å². The highest BCUT2D eigenvalue weighted by Gasteiger charge is 2.24. The molecular formula is C27H30N2. The molecule has 2 aromatic heterocycles. The fourth-order valence-corrected chi connectivity index (χ4v) is 4.22. The summed E-state index contributed by atoms with van der Waals surface area (Å²) in [5.41, 5.74) is 8.18. The van der Waals surface area contributed by atoms with E-state index in [0.29, 0.717) is 0 Å². The third kappa shape index (κ3) is 3.53. The van der Waals surface area contributed by atoms with Gasteiger partial charge in [-0.1, -0.05) is 77.4 Å². The standard InChI is InChI=1S/C27H30N2/c1-17-15-19-11-13-22(29-24(19)21(16-17)26(2,3)4)20-12-10-18-9-8-14-28-25(18)23(20)27(5,6)7/h8-16H,1-7H3. The first kappa shape index (κ1) is 19.6. The molecule has 0 radical (unpaired) electrons. The molecule has 2 nitrogen and oxygen atoms in total. The first-order valence-electron chi connectivity index (χ1n) is 10.4. The molecule has 2 heterocycles. The Balaban J connectivity index is 2.06. The second-order valence-corrected chi connectivity index (χ2v) is 10.1. The van der Waals surface area contributed by atoms with E-state index in [0.717, 1.165) is 16.7 Å². The molecule has 2 aromatic carbocycles. The minimum atomic E-state index is -0.0417. The van der Waals surface area contributed by atoms with Crippen LogP contribution in [-0.4, -0.2) is 9.97 Å². The van der Waals surface area contributed by atoms with E-state index in [2.05, 4.69) is 90.9 Å². The number of hydrogen-bond acceptors (Lipinski definition) is 2. The summed E-state index contributed by atoms with van der Waals surface area (Å²) in [6.45, 7) is 15.7. The summed E-state index contributed by atoms with van der Waals surface area (Å²) in [5.74, 6) is 0. The minimum absolute atomic E-state index is 0.0354. The molecule has 4 aromatic rings. The molecule has 0 saturated heterocycles. The van der Waals surface area contributed by atoms with Gasteiger partial charge in [-0.2, -0.15) is 0 Å². The number of nitrogens with zero attached hydrogens (tertiary/aromatic N) is 2. The summed E-state index contributed by atoms with van der Waals surface area (Å²) in [4.78, 5) is 9.94. The minimum Gasteiger partial charge on any atom is -0.256 e. The molecule has 148 valence electrons. The van der Waals surface area contributed by atoms with Crippen LogP contribution in [0.5, 0.6) is 0 Å². The van der Waals surface area contributed by atoms with Crippen molar-refractivity contribution >= 4 is 21.8 Å². The average Bonchev–Trinajstić information content (AvgIpc) is 2.64. The SMILES string of the molecule is Cc1cc(C(C)(C)C)c2nc(-c3ccc4cccnc4c3C(C)(C)C)ccc2c1. The zero-order valence-corrected chi connectivity index (χ0v) is 18.6. The van der Waals surface area contributed by atoms with Crippen LogP contribution < -0.4 is 0 Å². The van der Waals surface area contributed by atoms with Gasteiger partial charge in [-0.15, -0.1) is 0 Å². The largest absolute Gasteiger partial charge is 0.256 e. The fourth-order valence-electron chi connectivity index (χ4n) is 4.22. The van der Waals surface area contributed by atoms with E-state index in [-0.39, 0.29) is 10.8 Å². The van der Waals surface area contributed by atoms with Crippen molar-refractivity contribution in [3.63, 3.8) is 0 Å². The summed E-state index contributed by atoms with van der Waals surface area (Å²) < 4.78 is 0. The van der Waals surface area contributed by atoms with Gasteiger partial charge in [0.1, 0.15) is 0 Å². The van der Waals surface area contributed by atoms with Crippen LogP contribution in [-0.2, 0) is 10.8 Å². The highest BCUT2D eigenvalue weighted by Crippen LogP contribution is 2.38. The Morgan fingerprint density at radius 1 is 0.724 bits per heavy atom. The number of aryl methyl sites for hydroxylation is 1. The van der Waals surface area contributed by atoms with Crippen LogP contribution in [0.2, 0.25) is 0 Å². The van der Waals surface area contributed by atoms with E-state index in [4.69, 9.17) is 9.97 Å². The number of fused-ring (bicyclic) bond motifs is 2. The molecule has 0 aliphatic carbocycles. The molecule has 0 amide bonds. The van der Waals surface area contributed by atoms with Crippen LogP contribution in [0.4, 0.5) is 0 Å². The van der Waals surface area contributed by atoms with Crippen LogP contribution in [0.1, 0.15) is 58.2 Å². The molecule has 0 bridgehead atoms. The zero-order valence-electron chi connectivity index (χ0n) is 18.6. The monoisotopic (exact) mass is 382 g/mol. The molecule has 0 aliphatic rings. The lowest BCUT2D eigenvalue weighted by Crippen LogP contribution is -2.15. The number of benzene rings is 2. The number of pyridine rings is 2. The quantitative estimate of drug-likeness (QED) is 0.344. The smallest absolute Gasteiger partial charge is 0.0747 e. The summed E-state index contributed by atoms with van der Waals surface area (Å²) in [5, 5.41) is 2.38. The van der Waals surface area contributed by atoms with E-state index in [1.165, 1.54) is 33.0 Å². The van der Waals surface area contributed by atoms with Gasteiger partial charge in [0.25, 0.3) is 0 Å². The fraction of sp³-hybridized carbons (Fsp3) is 0.333. The van der Waals surface area contributed by atoms with Crippen molar-refractivity contribution in [2.45, 2.75) is 59.3 Å². The summed E-state index contributed by atoms with van der Waals surface area (Å²) in [6.07, 6.45) is 1.88. The van der Waals surface area contributed by atoms with Crippen molar-refractivity contribution in [3.8, 4) is 11.3 Å². The Morgan fingerprint density at radius 3 is 2.14 bits per heavy atom. The Kier molecular flexibility index (Phi) is 4.49. The lowest BCUT2D eigenvalue weighted by Gasteiger charge is -2.25. The predicted octanol–water partition coefficient (Wildman–Crippen LogP) is 7.35. The highest BCUT2D eigenvalue weighted by molar-refractivity contribution is 5.91. The summed E-state index contributed by atoms with van der Waals surface area (Å²) >= 11 is 0. The van der Waals surface area contributed by atoms with Gasteiger partial charge in [0.05, 0.1) is 16.7 Å². The first-order chi connectivity index (χ1) is 13.6. The zero-order chi connectivity index (χ0) is 21.0. The Labute approximate surface area is 174 Å². The van der Waals surface area contributed by atoms with E-state index >= 15 is 0 Å². The van der Waals surface area contributed by atoms with Crippen molar-refractivity contribution in [1.29, 1.82) is 0 Å². The van der Waals surface area contributed by atoms with Crippen LogP contribution in [0.15, 0.2) is 54.7 Å². The normalized spacial score (nSPS) is 12.7.